The molecule has 0 radical (unpaired) electrons. The molecule has 1 aromatic heterocycles. The number of amides is 1. The summed E-state index contributed by atoms with van der Waals surface area (Å²) in [6.45, 7) is 2.46. The fourth-order valence-corrected chi connectivity index (χ4v) is 2.84. The Morgan fingerprint density at radius 3 is 3.00 bits per heavy atom. The number of hydrogen-bond acceptors (Lipinski definition) is 3. The molecule has 2 aromatic rings. The van der Waals surface area contributed by atoms with Gasteiger partial charge in [-0.05, 0) is 25.0 Å². The number of hydrogen-bond donors (Lipinski definition) is 1. The van der Waals surface area contributed by atoms with Crippen molar-refractivity contribution in [2.24, 2.45) is 13.0 Å². The van der Waals surface area contributed by atoms with E-state index in [1.165, 1.54) is 0 Å². The SMILES string of the molecule is Cc1ccc2c(C3CC(C=O)CNC3=O)nn(C)c2c1. The van der Waals surface area contributed by atoms with Gasteiger partial charge < -0.3 is 10.1 Å². The number of rotatable bonds is 2. The van der Waals surface area contributed by atoms with Crippen molar-refractivity contribution in [3.63, 3.8) is 0 Å². The van der Waals surface area contributed by atoms with Gasteiger partial charge in [-0.25, -0.2) is 0 Å². The molecule has 1 amide bonds. The summed E-state index contributed by atoms with van der Waals surface area (Å²) >= 11 is 0. The average Bonchev–Trinajstić information content (AvgIpc) is 2.76. The fraction of sp³-hybridized carbons (Fsp3) is 0.400. The first-order valence-corrected chi connectivity index (χ1v) is 6.76. The smallest absolute Gasteiger partial charge is 0.229 e. The van der Waals surface area contributed by atoms with E-state index >= 15 is 0 Å². The van der Waals surface area contributed by atoms with Crippen molar-refractivity contribution in [3.05, 3.63) is 29.5 Å². The van der Waals surface area contributed by atoms with Crippen molar-refractivity contribution in [2.75, 3.05) is 6.54 Å². The number of carbonyl (C=O) groups is 2. The molecule has 0 bridgehead atoms. The second-order valence-corrected chi connectivity index (χ2v) is 5.46. The highest BCUT2D eigenvalue weighted by molar-refractivity contribution is 5.92. The molecular formula is C15H17N3O2. The van der Waals surface area contributed by atoms with Crippen LogP contribution in [-0.2, 0) is 16.6 Å². The Labute approximate surface area is 117 Å². The van der Waals surface area contributed by atoms with Crippen LogP contribution >= 0.6 is 0 Å². The number of benzene rings is 1. The summed E-state index contributed by atoms with van der Waals surface area (Å²) in [5, 5.41) is 8.30. The van der Waals surface area contributed by atoms with Gasteiger partial charge in [0.15, 0.2) is 0 Å². The molecule has 1 fully saturated rings. The molecule has 0 spiro atoms. The van der Waals surface area contributed by atoms with Gasteiger partial charge in [0.05, 0.1) is 17.1 Å². The van der Waals surface area contributed by atoms with Gasteiger partial charge in [0, 0.05) is 24.9 Å². The minimum Gasteiger partial charge on any atom is -0.355 e. The van der Waals surface area contributed by atoms with E-state index in [2.05, 4.69) is 16.5 Å². The molecule has 104 valence electrons. The zero-order valence-electron chi connectivity index (χ0n) is 11.6. The zero-order chi connectivity index (χ0) is 14.3. The summed E-state index contributed by atoms with van der Waals surface area (Å²) < 4.78 is 1.80. The van der Waals surface area contributed by atoms with Crippen LogP contribution in [0.25, 0.3) is 10.9 Å². The molecule has 2 unspecified atom stereocenters. The number of aromatic nitrogens is 2. The lowest BCUT2D eigenvalue weighted by Crippen LogP contribution is -2.41. The van der Waals surface area contributed by atoms with E-state index in [4.69, 9.17) is 0 Å². The van der Waals surface area contributed by atoms with Gasteiger partial charge in [0.1, 0.15) is 6.29 Å². The number of aldehydes is 1. The molecule has 2 atom stereocenters. The van der Waals surface area contributed by atoms with Crippen molar-refractivity contribution < 1.29 is 9.59 Å². The Morgan fingerprint density at radius 2 is 2.25 bits per heavy atom. The van der Waals surface area contributed by atoms with Crippen LogP contribution in [0.5, 0.6) is 0 Å². The summed E-state index contributed by atoms with van der Waals surface area (Å²) in [5.41, 5.74) is 2.94. The van der Waals surface area contributed by atoms with Gasteiger partial charge >= 0.3 is 0 Å². The summed E-state index contributed by atoms with van der Waals surface area (Å²) in [6.07, 6.45) is 1.46. The van der Waals surface area contributed by atoms with E-state index in [1.54, 1.807) is 4.68 Å². The van der Waals surface area contributed by atoms with Crippen LogP contribution in [0.3, 0.4) is 0 Å². The molecule has 0 aliphatic carbocycles. The van der Waals surface area contributed by atoms with Crippen molar-refractivity contribution in [3.8, 4) is 0 Å². The van der Waals surface area contributed by atoms with Crippen LogP contribution < -0.4 is 5.32 Å². The maximum Gasteiger partial charge on any atom is 0.229 e. The monoisotopic (exact) mass is 271 g/mol. The summed E-state index contributed by atoms with van der Waals surface area (Å²) in [5.74, 6) is -0.505. The third kappa shape index (κ3) is 1.99. The lowest BCUT2D eigenvalue weighted by atomic mass is 9.87. The average molecular weight is 271 g/mol. The highest BCUT2D eigenvalue weighted by Gasteiger charge is 2.32. The lowest BCUT2D eigenvalue weighted by Gasteiger charge is -2.24. The Bertz CT molecular complexity index is 690. The molecule has 1 aliphatic heterocycles. The van der Waals surface area contributed by atoms with E-state index in [9.17, 15) is 9.59 Å². The molecule has 1 saturated heterocycles. The van der Waals surface area contributed by atoms with Crippen LogP contribution in [0, 0.1) is 12.8 Å². The molecule has 3 rings (SSSR count). The third-order valence-corrected chi connectivity index (χ3v) is 3.95. The molecular weight excluding hydrogens is 254 g/mol. The van der Waals surface area contributed by atoms with Crippen LogP contribution in [-0.4, -0.2) is 28.5 Å². The maximum atomic E-state index is 12.1. The molecule has 1 aliphatic rings. The number of aryl methyl sites for hydroxylation is 2. The second-order valence-electron chi connectivity index (χ2n) is 5.46. The normalized spacial score (nSPS) is 22.8. The lowest BCUT2D eigenvalue weighted by molar-refractivity contribution is -0.125. The van der Waals surface area contributed by atoms with E-state index in [0.717, 1.165) is 28.4 Å². The second kappa shape index (κ2) is 4.74. The Hall–Kier alpha value is -2.17. The van der Waals surface area contributed by atoms with Gasteiger partial charge in [0.25, 0.3) is 0 Å². The van der Waals surface area contributed by atoms with Crippen LogP contribution in [0.15, 0.2) is 18.2 Å². The predicted molar refractivity (Wildman–Crippen MR) is 75.4 cm³/mol. The highest BCUT2D eigenvalue weighted by atomic mass is 16.2. The van der Waals surface area contributed by atoms with E-state index in [-0.39, 0.29) is 17.7 Å². The number of fused-ring (bicyclic) bond motifs is 1. The minimum absolute atomic E-state index is 0.0383. The molecule has 2 heterocycles. The molecule has 20 heavy (non-hydrogen) atoms. The van der Waals surface area contributed by atoms with Crippen molar-refractivity contribution in [1.29, 1.82) is 0 Å². The molecule has 5 nitrogen and oxygen atoms in total. The predicted octanol–water partition coefficient (Wildman–Crippen LogP) is 1.30. The summed E-state index contributed by atoms with van der Waals surface area (Å²) in [6, 6.07) is 6.08. The van der Waals surface area contributed by atoms with Gasteiger partial charge in [-0.2, -0.15) is 5.10 Å². The van der Waals surface area contributed by atoms with Crippen LogP contribution in [0.2, 0.25) is 0 Å². The topological polar surface area (TPSA) is 64.0 Å². The van der Waals surface area contributed by atoms with Crippen LogP contribution in [0.1, 0.15) is 23.6 Å². The van der Waals surface area contributed by atoms with Crippen molar-refractivity contribution in [1.82, 2.24) is 15.1 Å². The zero-order valence-corrected chi connectivity index (χ0v) is 11.6. The van der Waals surface area contributed by atoms with E-state index < -0.39 is 0 Å². The number of nitrogens with zero attached hydrogens (tertiary/aromatic N) is 2. The summed E-state index contributed by atoms with van der Waals surface area (Å²) in [7, 11) is 1.88. The first-order chi connectivity index (χ1) is 9.60. The van der Waals surface area contributed by atoms with E-state index in [0.29, 0.717) is 13.0 Å². The van der Waals surface area contributed by atoms with Gasteiger partial charge in [0.2, 0.25) is 5.91 Å². The molecule has 0 saturated carbocycles. The number of carbonyl (C=O) groups excluding carboxylic acids is 2. The van der Waals surface area contributed by atoms with Crippen molar-refractivity contribution in [2.45, 2.75) is 19.3 Å². The number of piperidine rings is 1. The minimum atomic E-state index is -0.342. The Balaban J connectivity index is 2.09. The Morgan fingerprint density at radius 1 is 1.45 bits per heavy atom. The largest absolute Gasteiger partial charge is 0.355 e. The fourth-order valence-electron chi connectivity index (χ4n) is 2.84. The first-order valence-electron chi connectivity index (χ1n) is 6.76. The maximum absolute atomic E-state index is 12.1. The molecule has 1 N–H and O–H groups in total. The quantitative estimate of drug-likeness (QED) is 0.837. The standard InChI is InChI=1S/C15H17N3O2/c1-9-3-4-11-13(5-9)18(2)17-14(11)12-6-10(8-19)7-16-15(12)20/h3-5,8,10,12H,6-7H2,1-2H3,(H,16,20). The van der Waals surface area contributed by atoms with Gasteiger partial charge in [-0.15, -0.1) is 0 Å². The molecule has 1 aromatic carbocycles. The van der Waals surface area contributed by atoms with E-state index in [1.807, 2.05) is 26.1 Å². The first kappa shape index (κ1) is 12.8. The molecule has 5 heteroatoms. The highest BCUT2D eigenvalue weighted by Crippen LogP contribution is 2.31. The van der Waals surface area contributed by atoms with Gasteiger partial charge in [-0.1, -0.05) is 12.1 Å². The number of nitrogens with one attached hydrogen (secondary N) is 1. The Kier molecular flexibility index (Phi) is 3.04. The van der Waals surface area contributed by atoms with Crippen LogP contribution in [0.4, 0.5) is 0 Å². The van der Waals surface area contributed by atoms with Crippen molar-refractivity contribution >= 4 is 23.1 Å². The summed E-state index contributed by atoms with van der Waals surface area (Å²) in [4.78, 5) is 23.1. The van der Waals surface area contributed by atoms with Gasteiger partial charge in [-0.3, -0.25) is 9.48 Å². The third-order valence-electron chi connectivity index (χ3n) is 3.95.